The van der Waals surface area contributed by atoms with Gasteiger partial charge in [0.2, 0.25) is 0 Å². The Morgan fingerprint density at radius 3 is 2.27 bits per heavy atom. The van der Waals surface area contributed by atoms with Crippen LogP contribution in [-0.4, -0.2) is 24.5 Å². The van der Waals surface area contributed by atoms with E-state index in [-0.39, 0.29) is 13.0 Å². The van der Waals surface area contributed by atoms with Gasteiger partial charge in [0.05, 0.1) is 6.61 Å². The fraction of sp³-hybridized carbons (Fsp3) is 0.500. The summed E-state index contributed by atoms with van der Waals surface area (Å²) < 4.78 is 8.98. The Labute approximate surface area is 88.0 Å². The number of hydrogen-bond donors (Lipinski definition) is 0. The first-order chi connectivity index (χ1) is 7.06. The molecule has 0 aliphatic heterocycles. The predicted molar refractivity (Wildman–Crippen MR) is 51.7 cm³/mol. The molecule has 0 rings (SSSR count). The molecule has 1 unspecified atom stereocenters. The van der Waals surface area contributed by atoms with Gasteiger partial charge in [0.15, 0.2) is 5.92 Å². The normalized spacial score (nSPS) is 11.3. The third-order valence-electron chi connectivity index (χ3n) is 1.63. The Balaban J connectivity index is 4.40. The van der Waals surface area contributed by atoms with Crippen LogP contribution in [0.3, 0.4) is 0 Å². The molecule has 0 amide bonds. The van der Waals surface area contributed by atoms with Crippen molar-refractivity contribution in [3.8, 4) is 0 Å². The predicted octanol–water partition coefficient (Wildman–Crippen LogP) is 0.831. The molecule has 0 saturated carbocycles. The zero-order valence-corrected chi connectivity index (χ0v) is 8.82. The molecule has 0 fully saturated rings. The van der Waals surface area contributed by atoms with Crippen molar-refractivity contribution in [1.82, 2.24) is 0 Å². The molecular formula is C10H14O5. The maximum atomic E-state index is 11.3. The van der Waals surface area contributed by atoms with Crippen molar-refractivity contribution in [3.63, 3.8) is 0 Å². The van der Waals surface area contributed by atoms with E-state index in [9.17, 15) is 14.4 Å². The number of rotatable bonds is 5. The van der Waals surface area contributed by atoms with E-state index < -0.39 is 23.8 Å². The number of carbonyl (C=O) groups is 3. The van der Waals surface area contributed by atoms with Crippen molar-refractivity contribution in [2.45, 2.75) is 20.3 Å². The van der Waals surface area contributed by atoms with E-state index in [2.05, 4.69) is 16.1 Å². The molecule has 0 aromatic rings. The fourth-order valence-electron chi connectivity index (χ4n) is 0.884. The van der Waals surface area contributed by atoms with Gasteiger partial charge < -0.3 is 9.47 Å². The van der Waals surface area contributed by atoms with Crippen LogP contribution in [-0.2, 0) is 23.9 Å². The Hall–Kier alpha value is -1.65. The molecule has 84 valence electrons. The van der Waals surface area contributed by atoms with E-state index in [1.807, 2.05) is 0 Å². The van der Waals surface area contributed by atoms with Gasteiger partial charge in [-0.2, -0.15) is 0 Å². The van der Waals surface area contributed by atoms with Crippen molar-refractivity contribution in [3.05, 3.63) is 12.7 Å². The summed E-state index contributed by atoms with van der Waals surface area (Å²) in [6.45, 7) is 6.57. The van der Waals surface area contributed by atoms with Crippen LogP contribution in [0.25, 0.3) is 0 Å². The highest BCUT2D eigenvalue weighted by atomic mass is 16.6. The second kappa shape index (κ2) is 6.75. The minimum absolute atomic E-state index is 0.179. The SMILES string of the molecule is C=CC(=O)OC(=O)C(CC)C(=O)OCC. The highest BCUT2D eigenvalue weighted by Gasteiger charge is 2.28. The molecule has 0 saturated heterocycles. The molecule has 0 aromatic carbocycles. The standard InChI is InChI=1S/C10H14O5/c1-4-7(9(12)14-6-3)10(13)15-8(11)5-2/h5,7H,2,4,6H2,1,3H3. The van der Waals surface area contributed by atoms with Crippen LogP contribution >= 0.6 is 0 Å². The molecule has 5 heteroatoms. The number of ether oxygens (including phenoxy) is 2. The van der Waals surface area contributed by atoms with Crippen molar-refractivity contribution in [2.24, 2.45) is 5.92 Å². The summed E-state index contributed by atoms with van der Waals surface area (Å²) in [6.07, 6.45) is 1.08. The lowest BCUT2D eigenvalue weighted by Gasteiger charge is -2.10. The van der Waals surface area contributed by atoms with Crippen LogP contribution in [0.5, 0.6) is 0 Å². The summed E-state index contributed by atoms with van der Waals surface area (Å²) >= 11 is 0. The van der Waals surface area contributed by atoms with Gasteiger partial charge in [-0.1, -0.05) is 13.5 Å². The van der Waals surface area contributed by atoms with Crippen LogP contribution in [0.1, 0.15) is 20.3 Å². The van der Waals surface area contributed by atoms with Crippen LogP contribution in [0.15, 0.2) is 12.7 Å². The summed E-state index contributed by atoms with van der Waals surface area (Å²) in [7, 11) is 0. The molecule has 5 nitrogen and oxygen atoms in total. The highest BCUT2D eigenvalue weighted by Crippen LogP contribution is 2.08. The molecule has 1 atom stereocenters. The van der Waals surface area contributed by atoms with Crippen molar-refractivity contribution >= 4 is 17.9 Å². The van der Waals surface area contributed by atoms with Gasteiger partial charge in [0, 0.05) is 6.08 Å². The lowest BCUT2D eigenvalue weighted by atomic mass is 10.1. The van der Waals surface area contributed by atoms with Gasteiger partial charge in [0.25, 0.3) is 0 Å². The van der Waals surface area contributed by atoms with Crippen molar-refractivity contribution in [1.29, 1.82) is 0 Å². The summed E-state index contributed by atoms with van der Waals surface area (Å²) in [4.78, 5) is 33.2. The summed E-state index contributed by atoms with van der Waals surface area (Å²) in [5.41, 5.74) is 0. The van der Waals surface area contributed by atoms with E-state index >= 15 is 0 Å². The number of hydrogen-bond acceptors (Lipinski definition) is 5. The number of carbonyl (C=O) groups excluding carboxylic acids is 3. The Morgan fingerprint density at radius 2 is 1.87 bits per heavy atom. The lowest BCUT2D eigenvalue weighted by Crippen LogP contribution is -2.28. The average Bonchev–Trinajstić information content (AvgIpc) is 2.19. The summed E-state index contributed by atoms with van der Waals surface area (Å²) in [6, 6.07) is 0. The van der Waals surface area contributed by atoms with Gasteiger partial charge in [0.1, 0.15) is 0 Å². The topological polar surface area (TPSA) is 69.7 Å². The Bertz CT molecular complexity index is 269. The lowest BCUT2D eigenvalue weighted by molar-refractivity contribution is -0.166. The maximum absolute atomic E-state index is 11.3. The first-order valence-corrected chi connectivity index (χ1v) is 4.61. The number of esters is 3. The monoisotopic (exact) mass is 214 g/mol. The quantitative estimate of drug-likeness (QED) is 0.385. The fourth-order valence-corrected chi connectivity index (χ4v) is 0.884. The Morgan fingerprint density at radius 1 is 1.27 bits per heavy atom. The largest absolute Gasteiger partial charge is 0.465 e. The molecule has 15 heavy (non-hydrogen) atoms. The second-order valence-corrected chi connectivity index (χ2v) is 2.66. The van der Waals surface area contributed by atoms with Gasteiger partial charge in [-0.15, -0.1) is 0 Å². The third-order valence-corrected chi connectivity index (χ3v) is 1.63. The van der Waals surface area contributed by atoms with Crippen LogP contribution in [0, 0.1) is 5.92 Å². The highest BCUT2D eigenvalue weighted by molar-refractivity contribution is 6.01. The minimum atomic E-state index is -1.05. The van der Waals surface area contributed by atoms with Crippen LogP contribution in [0.4, 0.5) is 0 Å². The van der Waals surface area contributed by atoms with Crippen molar-refractivity contribution in [2.75, 3.05) is 6.61 Å². The Kier molecular flexibility index (Phi) is 6.01. The molecule has 0 aliphatic carbocycles. The van der Waals surface area contributed by atoms with E-state index in [0.29, 0.717) is 0 Å². The first kappa shape index (κ1) is 13.4. The van der Waals surface area contributed by atoms with Gasteiger partial charge in [-0.3, -0.25) is 9.59 Å². The maximum Gasteiger partial charge on any atom is 0.337 e. The second-order valence-electron chi connectivity index (χ2n) is 2.66. The van der Waals surface area contributed by atoms with E-state index in [1.165, 1.54) is 0 Å². The summed E-state index contributed by atoms with van der Waals surface area (Å²) in [5.74, 6) is -3.50. The molecule has 0 radical (unpaired) electrons. The van der Waals surface area contributed by atoms with Gasteiger partial charge in [-0.05, 0) is 13.3 Å². The van der Waals surface area contributed by atoms with Gasteiger partial charge >= 0.3 is 17.9 Å². The van der Waals surface area contributed by atoms with Crippen molar-refractivity contribution < 1.29 is 23.9 Å². The molecule has 0 heterocycles. The molecule has 0 aromatic heterocycles. The minimum Gasteiger partial charge on any atom is -0.465 e. The molecule has 0 spiro atoms. The molecule has 0 bridgehead atoms. The average molecular weight is 214 g/mol. The smallest absolute Gasteiger partial charge is 0.337 e. The van der Waals surface area contributed by atoms with Gasteiger partial charge in [-0.25, -0.2) is 4.79 Å². The van der Waals surface area contributed by atoms with E-state index in [0.717, 1.165) is 6.08 Å². The summed E-state index contributed by atoms with van der Waals surface area (Å²) in [5, 5.41) is 0. The molecule has 0 N–H and O–H groups in total. The molecule has 0 aliphatic rings. The third kappa shape index (κ3) is 4.39. The van der Waals surface area contributed by atoms with E-state index in [1.54, 1.807) is 13.8 Å². The zero-order valence-electron chi connectivity index (χ0n) is 8.82. The zero-order chi connectivity index (χ0) is 11.8. The first-order valence-electron chi connectivity index (χ1n) is 4.61. The molecular weight excluding hydrogens is 200 g/mol. The van der Waals surface area contributed by atoms with Crippen LogP contribution < -0.4 is 0 Å². The van der Waals surface area contributed by atoms with Crippen LogP contribution in [0.2, 0.25) is 0 Å². The van der Waals surface area contributed by atoms with E-state index in [4.69, 9.17) is 0 Å².